The van der Waals surface area contributed by atoms with Gasteiger partial charge in [0.1, 0.15) is 4.60 Å². The molecule has 1 aromatic heterocycles. The number of carbonyl (C=O) groups excluding carboxylic acids is 1. The summed E-state index contributed by atoms with van der Waals surface area (Å²) in [4.78, 5) is 18.2. The monoisotopic (exact) mass is 352 g/mol. The number of hydrogen-bond donors (Lipinski definition) is 0. The van der Waals surface area contributed by atoms with Gasteiger partial charge in [-0.2, -0.15) is 0 Å². The van der Waals surface area contributed by atoms with Gasteiger partial charge >= 0.3 is 0 Å². The van der Waals surface area contributed by atoms with Crippen LogP contribution in [0.4, 0.5) is 0 Å². The van der Waals surface area contributed by atoms with Gasteiger partial charge in [-0.3, -0.25) is 4.79 Å². The number of rotatable bonds is 3. The molecule has 1 unspecified atom stereocenters. The van der Waals surface area contributed by atoms with Crippen LogP contribution in [0.25, 0.3) is 0 Å². The summed E-state index contributed by atoms with van der Waals surface area (Å²) in [7, 11) is 1.76. The van der Waals surface area contributed by atoms with E-state index in [0.717, 1.165) is 5.56 Å². The highest BCUT2D eigenvalue weighted by molar-refractivity contribution is 9.10. The van der Waals surface area contributed by atoms with Crippen LogP contribution in [0.2, 0.25) is 5.02 Å². The molecule has 0 aliphatic rings. The average molecular weight is 354 g/mol. The molecular weight excluding hydrogens is 340 g/mol. The predicted octanol–water partition coefficient (Wildman–Crippen LogP) is 4.33. The van der Waals surface area contributed by atoms with Crippen molar-refractivity contribution >= 4 is 33.4 Å². The topological polar surface area (TPSA) is 33.2 Å². The van der Waals surface area contributed by atoms with Crippen molar-refractivity contribution in [2.45, 2.75) is 13.0 Å². The SMILES string of the molecule is CC(c1ccccc1Cl)N(C)C(=O)c1cccnc1Br. The van der Waals surface area contributed by atoms with Gasteiger partial charge in [-0.1, -0.05) is 29.8 Å². The number of amides is 1. The van der Waals surface area contributed by atoms with Crippen molar-refractivity contribution in [3.8, 4) is 0 Å². The van der Waals surface area contributed by atoms with Gasteiger partial charge in [-0.15, -0.1) is 0 Å². The number of aromatic nitrogens is 1. The molecule has 2 rings (SSSR count). The second kappa shape index (κ2) is 6.37. The number of pyridine rings is 1. The fourth-order valence-corrected chi connectivity index (χ4v) is 2.65. The van der Waals surface area contributed by atoms with Gasteiger partial charge in [0.25, 0.3) is 5.91 Å². The summed E-state index contributed by atoms with van der Waals surface area (Å²) in [5, 5.41) is 0.657. The molecule has 1 aromatic carbocycles. The lowest BCUT2D eigenvalue weighted by Crippen LogP contribution is -2.30. The van der Waals surface area contributed by atoms with E-state index in [1.165, 1.54) is 0 Å². The maximum Gasteiger partial charge on any atom is 0.256 e. The maximum absolute atomic E-state index is 12.5. The number of hydrogen-bond acceptors (Lipinski definition) is 2. The van der Waals surface area contributed by atoms with E-state index in [9.17, 15) is 4.79 Å². The Hall–Kier alpha value is -1.39. The van der Waals surface area contributed by atoms with Crippen molar-refractivity contribution in [3.05, 3.63) is 63.3 Å². The van der Waals surface area contributed by atoms with Gasteiger partial charge < -0.3 is 4.90 Å². The zero-order valence-electron chi connectivity index (χ0n) is 11.2. The summed E-state index contributed by atoms with van der Waals surface area (Å²) in [5.74, 6) is -0.0996. The van der Waals surface area contributed by atoms with Crippen molar-refractivity contribution in [2.24, 2.45) is 0 Å². The standard InChI is InChI=1S/C15H14BrClN2O/c1-10(11-6-3-4-8-13(11)17)19(2)15(20)12-7-5-9-18-14(12)16/h3-10H,1-2H3. The van der Waals surface area contributed by atoms with E-state index < -0.39 is 0 Å². The minimum atomic E-state index is -0.122. The van der Waals surface area contributed by atoms with E-state index >= 15 is 0 Å². The summed E-state index contributed by atoms with van der Waals surface area (Å²) >= 11 is 9.49. The molecule has 1 amide bonds. The Bertz CT molecular complexity index is 633. The predicted molar refractivity (Wildman–Crippen MR) is 83.9 cm³/mol. The number of carbonyl (C=O) groups is 1. The lowest BCUT2D eigenvalue weighted by molar-refractivity contribution is 0.0741. The molecular formula is C15H14BrClN2O. The third kappa shape index (κ3) is 3.02. The molecule has 3 nitrogen and oxygen atoms in total. The normalized spacial score (nSPS) is 12.0. The van der Waals surface area contributed by atoms with Gasteiger partial charge in [0.05, 0.1) is 11.6 Å². The molecule has 0 spiro atoms. The van der Waals surface area contributed by atoms with Crippen LogP contribution < -0.4 is 0 Å². The van der Waals surface area contributed by atoms with Crippen molar-refractivity contribution in [2.75, 3.05) is 7.05 Å². The number of halogens is 2. The van der Waals surface area contributed by atoms with Gasteiger partial charge in [0.15, 0.2) is 0 Å². The largest absolute Gasteiger partial charge is 0.335 e. The van der Waals surface area contributed by atoms with Crippen LogP contribution in [0.5, 0.6) is 0 Å². The molecule has 0 radical (unpaired) electrons. The molecule has 0 bridgehead atoms. The molecule has 0 fully saturated rings. The van der Waals surface area contributed by atoms with Crippen LogP contribution in [0, 0.1) is 0 Å². The third-order valence-electron chi connectivity index (χ3n) is 3.25. The van der Waals surface area contributed by atoms with E-state index in [1.54, 1.807) is 30.3 Å². The summed E-state index contributed by atoms with van der Waals surface area (Å²) in [6.07, 6.45) is 1.64. The lowest BCUT2D eigenvalue weighted by atomic mass is 10.1. The minimum absolute atomic E-state index is 0.0996. The number of benzene rings is 1. The first kappa shape index (κ1) is 15.0. The van der Waals surface area contributed by atoms with Crippen LogP contribution in [0.15, 0.2) is 47.2 Å². The van der Waals surface area contributed by atoms with Gasteiger partial charge in [0.2, 0.25) is 0 Å². The first-order chi connectivity index (χ1) is 9.52. The zero-order valence-corrected chi connectivity index (χ0v) is 13.5. The van der Waals surface area contributed by atoms with Gasteiger partial charge in [0, 0.05) is 18.3 Å². The highest BCUT2D eigenvalue weighted by atomic mass is 79.9. The van der Waals surface area contributed by atoms with Crippen LogP contribution in [-0.4, -0.2) is 22.8 Å². The molecule has 20 heavy (non-hydrogen) atoms. The van der Waals surface area contributed by atoms with Crippen LogP contribution in [-0.2, 0) is 0 Å². The summed E-state index contributed by atoms with van der Waals surface area (Å²) in [6, 6.07) is 10.9. The fraction of sp³-hybridized carbons (Fsp3) is 0.200. The smallest absolute Gasteiger partial charge is 0.256 e. The lowest BCUT2D eigenvalue weighted by Gasteiger charge is -2.26. The van der Waals surface area contributed by atoms with E-state index in [4.69, 9.17) is 11.6 Å². The first-order valence-electron chi connectivity index (χ1n) is 6.14. The van der Waals surface area contributed by atoms with Crippen molar-refractivity contribution in [1.82, 2.24) is 9.88 Å². The fourth-order valence-electron chi connectivity index (χ4n) is 1.93. The molecule has 2 aromatic rings. The third-order valence-corrected chi connectivity index (χ3v) is 4.22. The van der Waals surface area contributed by atoms with Crippen LogP contribution >= 0.6 is 27.5 Å². The van der Waals surface area contributed by atoms with E-state index in [1.807, 2.05) is 31.2 Å². The molecule has 0 aliphatic carbocycles. The van der Waals surface area contributed by atoms with Crippen molar-refractivity contribution in [1.29, 1.82) is 0 Å². The zero-order chi connectivity index (χ0) is 14.7. The molecule has 0 aliphatic heterocycles. The first-order valence-corrected chi connectivity index (χ1v) is 7.31. The van der Waals surface area contributed by atoms with Gasteiger partial charge in [-0.05, 0) is 46.6 Å². The Kier molecular flexibility index (Phi) is 4.78. The van der Waals surface area contributed by atoms with E-state index in [0.29, 0.717) is 15.2 Å². The second-order valence-corrected chi connectivity index (χ2v) is 5.61. The summed E-state index contributed by atoms with van der Waals surface area (Å²) in [6.45, 7) is 1.95. The van der Waals surface area contributed by atoms with E-state index in [2.05, 4.69) is 20.9 Å². The molecule has 1 heterocycles. The van der Waals surface area contributed by atoms with Crippen molar-refractivity contribution in [3.63, 3.8) is 0 Å². The van der Waals surface area contributed by atoms with Crippen LogP contribution in [0.3, 0.4) is 0 Å². The second-order valence-electron chi connectivity index (χ2n) is 4.46. The maximum atomic E-state index is 12.5. The van der Waals surface area contributed by atoms with E-state index in [-0.39, 0.29) is 11.9 Å². The highest BCUT2D eigenvalue weighted by Crippen LogP contribution is 2.28. The Morgan fingerprint density at radius 1 is 1.30 bits per heavy atom. The molecule has 0 saturated heterocycles. The highest BCUT2D eigenvalue weighted by Gasteiger charge is 2.22. The quantitative estimate of drug-likeness (QED) is 0.769. The summed E-state index contributed by atoms with van der Waals surface area (Å²) in [5.41, 5.74) is 1.46. The summed E-state index contributed by atoms with van der Waals surface area (Å²) < 4.78 is 0.545. The Labute approximate surface area is 131 Å². The molecule has 0 N–H and O–H groups in total. The Morgan fingerprint density at radius 2 is 2.00 bits per heavy atom. The average Bonchev–Trinajstić information content (AvgIpc) is 2.46. The number of nitrogens with zero attached hydrogens (tertiary/aromatic N) is 2. The molecule has 1 atom stereocenters. The molecule has 0 saturated carbocycles. The minimum Gasteiger partial charge on any atom is -0.335 e. The van der Waals surface area contributed by atoms with Crippen LogP contribution in [0.1, 0.15) is 28.9 Å². The van der Waals surface area contributed by atoms with Crippen molar-refractivity contribution < 1.29 is 4.79 Å². The van der Waals surface area contributed by atoms with Gasteiger partial charge in [-0.25, -0.2) is 4.98 Å². The molecule has 104 valence electrons. The Morgan fingerprint density at radius 3 is 2.65 bits per heavy atom. The Balaban J connectivity index is 2.28. The molecule has 5 heteroatoms.